The van der Waals surface area contributed by atoms with E-state index in [1.54, 1.807) is 0 Å². The van der Waals surface area contributed by atoms with Crippen LogP contribution >= 0.6 is 0 Å². The fraction of sp³-hybridized carbons (Fsp3) is 0.971. The Bertz CT molecular complexity index is 813. The van der Waals surface area contributed by atoms with Crippen molar-refractivity contribution < 1.29 is 14.6 Å². The maximum Gasteiger partial charge on any atom is 0.305 e. The van der Waals surface area contributed by atoms with Gasteiger partial charge in [-0.2, -0.15) is 0 Å². The number of carbonyl (C=O) groups excluding carboxylic acids is 1. The number of nitrogens with two attached hydrogens (primary N) is 1. The molecule has 0 bridgehead atoms. The number of fused-ring (bicyclic) bond motifs is 5. The number of hydrogen-bond acceptors (Lipinski definition) is 7. The Kier molecular flexibility index (Phi) is 12.4. The van der Waals surface area contributed by atoms with Gasteiger partial charge in [-0.15, -0.1) is 0 Å². The molecule has 0 aromatic carbocycles. The van der Waals surface area contributed by atoms with E-state index in [4.69, 9.17) is 10.5 Å². The number of ether oxygens (including phenoxy) is 1. The van der Waals surface area contributed by atoms with Crippen molar-refractivity contribution in [2.24, 2.45) is 52.1 Å². The Morgan fingerprint density at radius 1 is 0.927 bits per heavy atom. The molecule has 0 amide bonds. The predicted molar refractivity (Wildman–Crippen MR) is 167 cm³/mol. The van der Waals surface area contributed by atoms with Crippen LogP contribution in [-0.4, -0.2) is 69.6 Å². The van der Waals surface area contributed by atoms with Gasteiger partial charge < -0.3 is 31.5 Å². The molecule has 0 spiro atoms. The summed E-state index contributed by atoms with van der Waals surface area (Å²) in [6, 6.07) is 0.601. The molecular weight excluding hydrogens is 512 g/mol. The lowest BCUT2D eigenvalue weighted by Crippen LogP contribution is -2.59. The first kappa shape index (κ1) is 33.2. The molecule has 238 valence electrons. The molecule has 0 aliphatic heterocycles. The lowest BCUT2D eigenvalue weighted by Gasteiger charge is -2.62. The number of methoxy groups -OCH3 is 1. The van der Waals surface area contributed by atoms with Gasteiger partial charge in [0.1, 0.15) is 0 Å². The van der Waals surface area contributed by atoms with Crippen molar-refractivity contribution >= 4 is 5.97 Å². The van der Waals surface area contributed by atoms with Crippen molar-refractivity contribution in [3.05, 3.63) is 0 Å². The van der Waals surface area contributed by atoms with Crippen LogP contribution in [0.25, 0.3) is 0 Å². The average Bonchev–Trinajstić information content (AvgIpc) is 3.32. The minimum absolute atomic E-state index is 0.0817. The zero-order chi connectivity index (χ0) is 29.5. The zero-order valence-electron chi connectivity index (χ0n) is 26.9. The normalized spacial score (nSPS) is 39.0. The molecule has 6 N–H and O–H groups in total. The molecular formula is C34H64N4O3. The van der Waals surface area contributed by atoms with E-state index in [1.807, 2.05) is 0 Å². The molecule has 41 heavy (non-hydrogen) atoms. The second-order valence-corrected chi connectivity index (χ2v) is 14.9. The van der Waals surface area contributed by atoms with Gasteiger partial charge in [0.25, 0.3) is 0 Å². The summed E-state index contributed by atoms with van der Waals surface area (Å²) in [5.41, 5.74) is 6.21. The van der Waals surface area contributed by atoms with Crippen LogP contribution in [0.1, 0.15) is 104 Å². The van der Waals surface area contributed by atoms with Crippen LogP contribution < -0.4 is 21.7 Å². The maximum absolute atomic E-state index is 11.8. The summed E-state index contributed by atoms with van der Waals surface area (Å²) in [6.07, 6.45) is 14.6. The molecule has 4 aliphatic rings. The Morgan fingerprint density at radius 3 is 2.29 bits per heavy atom. The smallest absolute Gasteiger partial charge is 0.305 e. The highest BCUT2D eigenvalue weighted by Crippen LogP contribution is 2.68. The summed E-state index contributed by atoms with van der Waals surface area (Å²) in [4.78, 5) is 11.8. The number of rotatable bonds is 16. The monoisotopic (exact) mass is 576 g/mol. The molecule has 0 radical (unpaired) electrons. The van der Waals surface area contributed by atoms with E-state index in [9.17, 15) is 9.90 Å². The van der Waals surface area contributed by atoms with Crippen LogP contribution in [0.4, 0.5) is 0 Å². The van der Waals surface area contributed by atoms with E-state index in [-0.39, 0.29) is 12.1 Å². The molecule has 4 aliphatic carbocycles. The van der Waals surface area contributed by atoms with Crippen LogP contribution in [-0.2, 0) is 9.53 Å². The third-order valence-electron chi connectivity index (χ3n) is 12.7. The Hall–Kier alpha value is -0.730. The molecule has 5 unspecified atom stereocenters. The van der Waals surface area contributed by atoms with Gasteiger partial charge in [-0.1, -0.05) is 20.8 Å². The standard InChI is InChI=1S/C34H64N4O3/c1-24(8-11-31(40)41-4)27-9-10-28-32-29(13-15-34(27,28)3)33(2)14-12-26(22-25(33)23-30(32)39)38-21-7-20-37-19-6-18-36-17-5-16-35/h24-30,32,36-39H,5-23,35H2,1-4H3/t24-,25?,26+,27?,28?,29?,30+,32?,33+,34-/m1/s1. The third-order valence-corrected chi connectivity index (χ3v) is 12.7. The average molecular weight is 577 g/mol. The van der Waals surface area contributed by atoms with Crippen molar-refractivity contribution in [3.8, 4) is 0 Å². The Labute approximate surface area is 251 Å². The topological polar surface area (TPSA) is 109 Å². The van der Waals surface area contributed by atoms with Crippen LogP contribution in [0.15, 0.2) is 0 Å². The molecule has 4 fully saturated rings. The Morgan fingerprint density at radius 2 is 1.59 bits per heavy atom. The van der Waals surface area contributed by atoms with E-state index >= 15 is 0 Å². The second-order valence-electron chi connectivity index (χ2n) is 14.9. The first-order chi connectivity index (χ1) is 19.7. The van der Waals surface area contributed by atoms with Crippen molar-refractivity contribution in [2.75, 3.05) is 46.4 Å². The van der Waals surface area contributed by atoms with Gasteiger partial charge in [-0.05, 0) is 163 Å². The lowest BCUT2D eigenvalue weighted by molar-refractivity contribution is -0.167. The number of aliphatic hydroxyl groups is 1. The van der Waals surface area contributed by atoms with E-state index < -0.39 is 0 Å². The highest BCUT2D eigenvalue weighted by Gasteiger charge is 2.62. The first-order valence-corrected chi connectivity index (χ1v) is 17.3. The molecule has 0 aromatic rings. The minimum atomic E-state index is -0.153. The van der Waals surface area contributed by atoms with Gasteiger partial charge in [0.15, 0.2) is 0 Å². The molecule has 4 saturated carbocycles. The number of esters is 1. The highest BCUT2D eigenvalue weighted by molar-refractivity contribution is 5.69. The van der Waals surface area contributed by atoms with Crippen LogP contribution in [0.2, 0.25) is 0 Å². The minimum Gasteiger partial charge on any atom is -0.469 e. The van der Waals surface area contributed by atoms with Gasteiger partial charge in [0, 0.05) is 12.5 Å². The molecule has 0 heterocycles. The number of aliphatic hydroxyl groups excluding tert-OH is 1. The fourth-order valence-corrected chi connectivity index (χ4v) is 10.4. The van der Waals surface area contributed by atoms with Crippen LogP contribution in [0.3, 0.4) is 0 Å². The van der Waals surface area contributed by atoms with Crippen molar-refractivity contribution in [1.82, 2.24) is 16.0 Å². The fourth-order valence-electron chi connectivity index (χ4n) is 10.4. The third kappa shape index (κ3) is 7.68. The van der Waals surface area contributed by atoms with E-state index in [0.717, 1.165) is 58.5 Å². The van der Waals surface area contributed by atoms with Gasteiger partial charge in [0.05, 0.1) is 13.2 Å². The van der Waals surface area contributed by atoms with Gasteiger partial charge in [0.2, 0.25) is 0 Å². The summed E-state index contributed by atoms with van der Waals surface area (Å²) >= 11 is 0. The number of hydrogen-bond donors (Lipinski definition) is 5. The second kappa shape index (κ2) is 15.3. The molecule has 7 heteroatoms. The lowest BCUT2D eigenvalue weighted by atomic mass is 9.43. The summed E-state index contributed by atoms with van der Waals surface area (Å²) in [7, 11) is 1.49. The number of nitrogens with one attached hydrogen (secondary N) is 3. The SMILES string of the molecule is COC(=O)CC[C@@H](C)C1CCC2C3C(CC[C@@]21C)[C@@]1(C)CC[C@H](NCCCNCCCNCCCN)CC1C[C@@H]3O. The van der Waals surface area contributed by atoms with Crippen molar-refractivity contribution in [3.63, 3.8) is 0 Å². The highest BCUT2D eigenvalue weighted by atomic mass is 16.5. The zero-order valence-corrected chi connectivity index (χ0v) is 26.9. The van der Waals surface area contributed by atoms with E-state index in [0.29, 0.717) is 58.8 Å². The van der Waals surface area contributed by atoms with Crippen molar-refractivity contribution in [1.29, 1.82) is 0 Å². The first-order valence-electron chi connectivity index (χ1n) is 17.3. The maximum atomic E-state index is 11.8. The van der Waals surface area contributed by atoms with Crippen molar-refractivity contribution in [2.45, 2.75) is 116 Å². The summed E-state index contributed by atoms with van der Waals surface area (Å²) in [6.45, 7) is 13.6. The summed E-state index contributed by atoms with van der Waals surface area (Å²) in [5, 5.41) is 22.6. The van der Waals surface area contributed by atoms with Gasteiger partial charge in [-0.3, -0.25) is 4.79 Å². The summed E-state index contributed by atoms with van der Waals surface area (Å²) < 4.78 is 4.92. The van der Waals surface area contributed by atoms with Crippen LogP contribution in [0.5, 0.6) is 0 Å². The molecule has 7 nitrogen and oxygen atoms in total. The van der Waals surface area contributed by atoms with E-state index in [1.165, 1.54) is 64.9 Å². The quantitative estimate of drug-likeness (QED) is 0.136. The van der Waals surface area contributed by atoms with Crippen LogP contribution in [0, 0.1) is 46.3 Å². The summed E-state index contributed by atoms with van der Waals surface area (Å²) in [5.74, 6) is 3.49. The Balaban J connectivity index is 1.22. The van der Waals surface area contributed by atoms with Gasteiger partial charge in [-0.25, -0.2) is 0 Å². The molecule has 4 rings (SSSR count). The van der Waals surface area contributed by atoms with E-state index in [2.05, 4.69) is 36.7 Å². The predicted octanol–water partition coefficient (Wildman–Crippen LogP) is 4.47. The molecule has 0 saturated heterocycles. The number of carbonyl (C=O) groups is 1. The molecule has 0 aromatic heterocycles. The largest absolute Gasteiger partial charge is 0.469 e. The molecule has 10 atom stereocenters. The van der Waals surface area contributed by atoms with Gasteiger partial charge >= 0.3 is 5.97 Å².